The number of aliphatic hydroxyl groups is 1. The van der Waals surface area contributed by atoms with Crippen molar-refractivity contribution in [3.8, 4) is 0 Å². The first-order valence-corrected chi connectivity index (χ1v) is 11.6. The number of aliphatic hydroxyl groups excluding tert-OH is 1. The molecule has 28 heavy (non-hydrogen) atoms. The van der Waals surface area contributed by atoms with Crippen LogP contribution in [0.5, 0.6) is 0 Å². The van der Waals surface area contributed by atoms with Gasteiger partial charge in [-0.05, 0) is 44.9 Å². The zero-order chi connectivity index (χ0) is 19.5. The van der Waals surface area contributed by atoms with Crippen molar-refractivity contribution in [1.82, 2.24) is 15.1 Å². The Kier molecular flexibility index (Phi) is 6.56. The Morgan fingerprint density at radius 3 is 2.18 bits per heavy atom. The van der Waals surface area contributed by atoms with Crippen molar-refractivity contribution in [3.05, 3.63) is 0 Å². The summed E-state index contributed by atoms with van der Waals surface area (Å²) in [6, 6.07) is 0.401. The SMILES string of the molecule is O=C(NC1CCCCC1)[C@@H]1C[C@@H](O)CN1C1CCN(C(=O)C2CCCC2)CC1. The summed E-state index contributed by atoms with van der Waals surface area (Å²) in [7, 11) is 0. The first-order valence-electron chi connectivity index (χ1n) is 11.6. The largest absolute Gasteiger partial charge is 0.392 e. The maximum Gasteiger partial charge on any atom is 0.237 e. The highest BCUT2D eigenvalue weighted by molar-refractivity contribution is 5.82. The fraction of sp³-hybridized carbons (Fsp3) is 0.909. The number of β-amino-alcohol motifs (C(OH)–C–C–N with tert-alkyl or cyclic N) is 1. The Hall–Kier alpha value is -1.14. The lowest BCUT2D eigenvalue weighted by Gasteiger charge is -2.40. The van der Waals surface area contributed by atoms with Gasteiger partial charge in [0.2, 0.25) is 11.8 Å². The molecule has 0 radical (unpaired) electrons. The molecule has 2 aliphatic carbocycles. The van der Waals surface area contributed by atoms with E-state index in [2.05, 4.69) is 15.1 Å². The molecule has 2 N–H and O–H groups in total. The van der Waals surface area contributed by atoms with Gasteiger partial charge in [0.1, 0.15) is 0 Å². The Balaban J connectivity index is 1.31. The fourth-order valence-electron chi connectivity index (χ4n) is 5.89. The highest BCUT2D eigenvalue weighted by atomic mass is 16.3. The van der Waals surface area contributed by atoms with Crippen LogP contribution in [0.3, 0.4) is 0 Å². The molecular weight excluding hydrogens is 354 g/mol. The third kappa shape index (κ3) is 4.54. The first-order chi connectivity index (χ1) is 13.6. The van der Waals surface area contributed by atoms with Gasteiger partial charge < -0.3 is 15.3 Å². The highest BCUT2D eigenvalue weighted by Gasteiger charge is 2.42. The van der Waals surface area contributed by atoms with E-state index >= 15 is 0 Å². The van der Waals surface area contributed by atoms with Crippen molar-refractivity contribution in [1.29, 1.82) is 0 Å². The van der Waals surface area contributed by atoms with Crippen LogP contribution in [0.2, 0.25) is 0 Å². The fourth-order valence-corrected chi connectivity index (χ4v) is 5.89. The molecule has 6 nitrogen and oxygen atoms in total. The lowest BCUT2D eigenvalue weighted by atomic mass is 9.95. The summed E-state index contributed by atoms with van der Waals surface area (Å²) in [6.45, 7) is 2.18. The van der Waals surface area contributed by atoms with E-state index < -0.39 is 6.10 Å². The molecule has 0 aromatic rings. The summed E-state index contributed by atoms with van der Waals surface area (Å²) in [4.78, 5) is 29.9. The van der Waals surface area contributed by atoms with Gasteiger partial charge in [-0.15, -0.1) is 0 Å². The molecule has 6 heteroatoms. The monoisotopic (exact) mass is 391 g/mol. The first kappa shape index (κ1) is 20.1. The van der Waals surface area contributed by atoms with Gasteiger partial charge >= 0.3 is 0 Å². The summed E-state index contributed by atoms with van der Waals surface area (Å²) in [6.07, 6.45) is 12.3. The molecule has 2 atom stereocenters. The lowest BCUT2D eigenvalue weighted by Crippen LogP contribution is -2.53. The van der Waals surface area contributed by atoms with Crippen LogP contribution in [-0.4, -0.2) is 70.6 Å². The van der Waals surface area contributed by atoms with Crippen molar-refractivity contribution >= 4 is 11.8 Å². The van der Waals surface area contributed by atoms with Crippen LogP contribution in [-0.2, 0) is 9.59 Å². The molecule has 2 saturated heterocycles. The Bertz CT molecular complexity index is 549. The molecule has 0 aromatic heterocycles. The molecule has 2 amide bonds. The highest BCUT2D eigenvalue weighted by Crippen LogP contribution is 2.30. The Morgan fingerprint density at radius 1 is 0.857 bits per heavy atom. The van der Waals surface area contributed by atoms with E-state index in [1.807, 2.05) is 0 Å². The number of likely N-dealkylation sites (tertiary alicyclic amines) is 2. The molecule has 4 rings (SSSR count). The van der Waals surface area contributed by atoms with Crippen LogP contribution in [0.15, 0.2) is 0 Å². The number of nitrogens with zero attached hydrogens (tertiary/aromatic N) is 2. The zero-order valence-electron chi connectivity index (χ0n) is 17.2. The molecule has 0 bridgehead atoms. The minimum atomic E-state index is -0.416. The third-order valence-corrected chi connectivity index (χ3v) is 7.52. The molecule has 2 saturated carbocycles. The number of piperidine rings is 1. The van der Waals surface area contributed by atoms with Crippen molar-refractivity contribution < 1.29 is 14.7 Å². The molecule has 4 aliphatic rings. The molecule has 2 heterocycles. The summed E-state index contributed by atoms with van der Waals surface area (Å²) < 4.78 is 0. The predicted molar refractivity (Wildman–Crippen MR) is 108 cm³/mol. The van der Waals surface area contributed by atoms with Gasteiger partial charge in [0, 0.05) is 37.6 Å². The predicted octanol–water partition coefficient (Wildman–Crippen LogP) is 2.05. The number of amides is 2. The second-order valence-electron chi connectivity index (χ2n) is 9.48. The normalized spacial score (nSPS) is 31.4. The van der Waals surface area contributed by atoms with E-state index in [1.54, 1.807) is 0 Å². The van der Waals surface area contributed by atoms with Crippen LogP contribution in [0, 0.1) is 5.92 Å². The van der Waals surface area contributed by atoms with Gasteiger partial charge in [-0.3, -0.25) is 14.5 Å². The molecule has 158 valence electrons. The Labute approximate surface area is 169 Å². The number of hydrogen-bond donors (Lipinski definition) is 2. The number of carbonyl (C=O) groups excluding carboxylic acids is 2. The number of carbonyl (C=O) groups is 2. The third-order valence-electron chi connectivity index (χ3n) is 7.52. The molecular formula is C22H37N3O3. The van der Waals surface area contributed by atoms with Crippen LogP contribution in [0.4, 0.5) is 0 Å². The van der Waals surface area contributed by atoms with Crippen molar-refractivity contribution in [3.63, 3.8) is 0 Å². The van der Waals surface area contributed by atoms with E-state index in [0.29, 0.717) is 31.0 Å². The van der Waals surface area contributed by atoms with Gasteiger partial charge in [0.25, 0.3) is 0 Å². The van der Waals surface area contributed by atoms with Gasteiger partial charge in [0.05, 0.1) is 12.1 Å². The van der Waals surface area contributed by atoms with E-state index in [1.165, 1.54) is 32.1 Å². The lowest BCUT2D eigenvalue weighted by molar-refractivity contribution is -0.137. The van der Waals surface area contributed by atoms with Crippen molar-refractivity contribution in [2.75, 3.05) is 19.6 Å². The second kappa shape index (κ2) is 9.12. The van der Waals surface area contributed by atoms with Gasteiger partial charge in [-0.2, -0.15) is 0 Å². The number of rotatable bonds is 4. The van der Waals surface area contributed by atoms with Crippen LogP contribution >= 0.6 is 0 Å². The van der Waals surface area contributed by atoms with Gasteiger partial charge in [0.15, 0.2) is 0 Å². The average Bonchev–Trinajstić information content (AvgIpc) is 3.38. The second-order valence-corrected chi connectivity index (χ2v) is 9.48. The van der Waals surface area contributed by atoms with Gasteiger partial charge in [-0.1, -0.05) is 32.1 Å². The molecule has 0 spiro atoms. The minimum Gasteiger partial charge on any atom is -0.392 e. The molecule has 4 fully saturated rings. The van der Waals surface area contributed by atoms with Crippen molar-refractivity contribution in [2.24, 2.45) is 5.92 Å². The maximum atomic E-state index is 12.9. The number of hydrogen-bond acceptors (Lipinski definition) is 4. The van der Waals surface area contributed by atoms with Crippen molar-refractivity contribution in [2.45, 2.75) is 101 Å². The van der Waals surface area contributed by atoms with E-state index in [4.69, 9.17) is 0 Å². The van der Waals surface area contributed by atoms with E-state index in [9.17, 15) is 14.7 Å². The Morgan fingerprint density at radius 2 is 1.50 bits per heavy atom. The average molecular weight is 392 g/mol. The van der Waals surface area contributed by atoms with Gasteiger partial charge in [-0.25, -0.2) is 0 Å². The number of nitrogens with one attached hydrogen (secondary N) is 1. The summed E-state index contributed by atoms with van der Waals surface area (Å²) in [5, 5.41) is 13.5. The molecule has 0 unspecified atom stereocenters. The summed E-state index contributed by atoms with van der Waals surface area (Å²) in [5.41, 5.74) is 0. The summed E-state index contributed by atoms with van der Waals surface area (Å²) >= 11 is 0. The molecule has 2 aliphatic heterocycles. The minimum absolute atomic E-state index is 0.105. The standard InChI is InChI=1S/C22H37N3O3/c26-19-14-20(21(27)23-17-8-2-1-3-9-17)25(15-19)18-10-12-24(13-11-18)22(28)16-6-4-5-7-16/h16-20,26H,1-15H2,(H,23,27)/t19-,20+/m1/s1. The van der Waals surface area contributed by atoms with Crippen LogP contribution in [0.1, 0.15) is 77.0 Å². The van der Waals surface area contributed by atoms with E-state index in [-0.39, 0.29) is 17.9 Å². The zero-order valence-corrected chi connectivity index (χ0v) is 17.2. The smallest absolute Gasteiger partial charge is 0.237 e. The van der Waals surface area contributed by atoms with Crippen LogP contribution in [0.25, 0.3) is 0 Å². The quantitative estimate of drug-likeness (QED) is 0.769. The van der Waals surface area contributed by atoms with E-state index in [0.717, 1.165) is 51.6 Å². The topological polar surface area (TPSA) is 72.9 Å². The summed E-state index contributed by atoms with van der Waals surface area (Å²) in [5.74, 6) is 0.705. The maximum absolute atomic E-state index is 12.9. The molecule has 0 aromatic carbocycles. The van der Waals surface area contributed by atoms with Crippen LogP contribution < -0.4 is 5.32 Å².